The van der Waals surface area contributed by atoms with Crippen molar-refractivity contribution in [2.45, 2.75) is 20.0 Å². The van der Waals surface area contributed by atoms with Crippen LogP contribution in [0.4, 0.5) is 4.39 Å². The van der Waals surface area contributed by atoms with Gasteiger partial charge >= 0.3 is 0 Å². The molecule has 19 heavy (non-hydrogen) atoms. The third-order valence-electron chi connectivity index (χ3n) is 2.78. The first-order valence-corrected chi connectivity index (χ1v) is 6.77. The minimum absolute atomic E-state index is 0.170. The lowest BCUT2D eigenvalue weighted by Crippen LogP contribution is -2.25. The Balaban J connectivity index is 2.05. The average Bonchev–Trinajstić information content (AvgIpc) is 2.77. The van der Waals surface area contributed by atoms with Gasteiger partial charge in [0, 0.05) is 23.8 Å². The smallest absolute Gasteiger partial charge is 0.268 e. The minimum Gasteiger partial charge on any atom is -0.347 e. The van der Waals surface area contributed by atoms with Gasteiger partial charge in [-0.1, -0.05) is 12.1 Å². The van der Waals surface area contributed by atoms with Crippen LogP contribution >= 0.6 is 15.9 Å². The molecule has 5 heteroatoms. The summed E-state index contributed by atoms with van der Waals surface area (Å²) >= 11 is 3.35. The van der Waals surface area contributed by atoms with Crippen LogP contribution < -0.4 is 5.32 Å². The molecule has 0 atom stereocenters. The van der Waals surface area contributed by atoms with Crippen molar-refractivity contribution in [3.8, 4) is 0 Å². The molecular formula is C14H14BrFN2O. The molecule has 0 unspecified atom stereocenters. The van der Waals surface area contributed by atoms with Gasteiger partial charge in [-0.3, -0.25) is 4.79 Å². The summed E-state index contributed by atoms with van der Waals surface area (Å²) in [5, 5.41) is 2.78. The molecule has 0 spiro atoms. The van der Waals surface area contributed by atoms with Crippen molar-refractivity contribution in [3.63, 3.8) is 0 Å². The molecule has 0 aliphatic rings. The van der Waals surface area contributed by atoms with E-state index in [9.17, 15) is 9.18 Å². The fraction of sp³-hybridized carbons (Fsp3) is 0.214. The summed E-state index contributed by atoms with van der Waals surface area (Å²) in [7, 11) is 0. The van der Waals surface area contributed by atoms with E-state index < -0.39 is 0 Å². The maximum Gasteiger partial charge on any atom is 0.268 e. The summed E-state index contributed by atoms with van der Waals surface area (Å²) in [6.07, 6.45) is 1.86. The molecule has 0 fully saturated rings. The number of carbonyl (C=O) groups is 1. The first-order valence-electron chi connectivity index (χ1n) is 5.98. The maximum absolute atomic E-state index is 13.0. The van der Waals surface area contributed by atoms with Gasteiger partial charge in [-0.05, 0) is 46.6 Å². The quantitative estimate of drug-likeness (QED) is 0.919. The normalized spacial score (nSPS) is 10.5. The molecule has 0 aliphatic carbocycles. The number of carbonyl (C=O) groups excluding carboxylic acids is 1. The Bertz CT molecular complexity index is 595. The summed E-state index contributed by atoms with van der Waals surface area (Å²) in [6.45, 7) is 2.99. The summed E-state index contributed by atoms with van der Waals surface area (Å²) in [4.78, 5) is 12.0. The monoisotopic (exact) mass is 324 g/mol. The fourth-order valence-electron chi connectivity index (χ4n) is 1.85. The molecule has 0 bridgehead atoms. The van der Waals surface area contributed by atoms with Gasteiger partial charge in [-0.15, -0.1) is 0 Å². The number of rotatable bonds is 4. The highest BCUT2D eigenvalue weighted by molar-refractivity contribution is 9.10. The molecule has 1 N–H and O–H groups in total. The molecule has 0 saturated heterocycles. The lowest BCUT2D eigenvalue weighted by atomic mass is 10.2. The van der Waals surface area contributed by atoms with E-state index in [4.69, 9.17) is 0 Å². The number of hydrogen-bond donors (Lipinski definition) is 1. The van der Waals surface area contributed by atoms with Crippen molar-refractivity contribution in [1.82, 2.24) is 9.88 Å². The van der Waals surface area contributed by atoms with E-state index in [1.54, 1.807) is 18.2 Å². The Kier molecular flexibility index (Phi) is 4.37. The highest BCUT2D eigenvalue weighted by Gasteiger charge is 2.11. The van der Waals surface area contributed by atoms with Gasteiger partial charge in [-0.25, -0.2) is 4.39 Å². The topological polar surface area (TPSA) is 34.0 Å². The van der Waals surface area contributed by atoms with Crippen LogP contribution in [0.1, 0.15) is 23.0 Å². The molecule has 1 amide bonds. The molecule has 1 aromatic heterocycles. The largest absolute Gasteiger partial charge is 0.347 e. The van der Waals surface area contributed by atoms with Crippen LogP contribution in [0, 0.1) is 5.82 Å². The van der Waals surface area contributed by atoms with Gasteiger partial charge in [-0.2, -0.15) is 0 Å². The molecule has 2 rings (SSSR count). The van der Waals surface area contributed by atoms with E-state index in [1.807, 2.05) is 17.7 Å². The molecule has 3 nitrogen and oxygen atoms in total. The van der Waals surface area contributed by atoms with Crippen molar-refractivity contribution in [2.24, 2.45) is 0 Å². The first-order chi connectivity index (χ1) is 9.10. The van der Waals surface area contributed by atoms with Crippen molar-refractivity contribution < 1.29 is 9.18 Å². The zero-order valence-corrected chi connectivity index (χ0v) is 12.1. The predicted octanol–water partition coefficient (Wildman–Crippen LogP) is 3.34. The SMILES string of the molecule is CCn1cc(Br)cc1C(=O)NCc1cccc(F)c1. The van der Waals surface area contributed by atoms with Crippen molar-refractivity contribution in [2.75, 3.05) is 0 Å². The number of benzene rings is 1. The number of nitrogens with zero attached hydrogens (tertiary/aromatic N) is 1. The Morgan fingerprint density at radius 2 is 2.21 bits per heavy atom. The van der Waals surface area contributed by atoms with Gasteiger partial charge in [0.15, 0.2) is 0 Å². The molecular weight excluding hydrogens is 311 g/mol. The number of aromatic nitrogens is 1. The maximum atomic E-state index is 13.0. The Labute approximate surface area is 119 Å². The van der Waals surface area contributed by atoms with Crippen LogP contribution in [-0.4, -0.2) is 10.5 Å². The van der Waals surface area contributed by atoms with Gasteiger partial charge < -0.3 is 9.88 Å². The van der Waals surface area contributed by atoms with E-state index in [2.05, 4.69) is 21.2 Å². The van der Waals surface area contributed by atoms with E-state index >= 15 is 0 Å². The van der Waals surface area contributed by atoms with Crippen molar-refractivity contribution in [1.29, 1.82) is 0 Å². The average molecular weight is 325 g/mol. The summed E-state index contributed by atoms with van der Waals surface area (Å²) in [5.74, 6) is -0.469. The van der Waals surface area contributed by atoms with Crippen LogP contribution in [0.25, 0.3) is 0 Å². The van der Waals surface area contributed by atoms with Gasteiger partial charge in [0.05, 0.1) is 0 Å². The Hall–Kier alpha value is -1.62. The highest BCUT2D eigenvalue weighted by atomic mass is 79.9. The number of amides is 1. The number of aryl methyl sites for hydroxylation is 1. The van der Waals surface area contributed by atoms with E-state index in [1.165, 1.54) is 12.1 Å². The standard InChI is InChI=1S/C14H14BrFN2O/c1-2-18-9-11(15)7-13(18)14(19)17-8-10-4-3-5-12(16)6-10/h3-7,9H,2,8H2,1H3,(H,17,19). The molecule has 100 valence electrons. The molecule has 2 aromatic rings. The Morgan fingerprint density at radius 1 is 1.42 bits per heavy atom. The van der Waals surface area contributed by atoms with E-state index in [0.29, 0.717) is 18.8 Å². The fourth-order valence-corrected chi connectivity index (χ4v) is 2.31. The van der Waals surface area contributed by atoms with E-state index in [-0.39, 0.29) is 11.7 Å². The highest BCUT2D eigenvalue weighted by Crippen LogP contribution is 2.15. The zero-order chi connectivity index (χ0) is 13.8. The van der Waals surface area contributed by atoms with Crippen molar-refractivity contribution in [3.05, 3.63) is 58.1 Å². The first kappa shape index (κ1) is 13.8. The van der Waals surface area contributed by atoms with Crippen molar-refractivity contribution >= 4 is 21.8 Å². The van der Waals surface area contributed by atoms with Gasteiger partial charge in [0.2, 0.25) is 0 Å². The van der Waals surface area contributed by atoms with E-state index in [0.717, 1.165) is 10.0 Å². The van der Waals surface area contributed by atoms with Crippen LogP contribution in [-0.2, 0) is 13.1 Å². The Morgan fingerprint density at radius 3 is 2.89 bits per heavy atom. The molecule has 0 saturated carbocycles. The minimum atomic E-state index is -0.300. The van der Waals surface area contributed by atoms with Crippen LogP contribution in [0.5, 0.6) is 0 Å². The van der Waals surface area contributed by atoms with Crippen LogP contribution in [0.15, 0.2) is 41.0 Å². The van der Waals surface area contributed by atoms with Gasteiger partial charge in [0.1, 0.15) is 11.5 Å². The number of halogens is 2. The second-order valence-electron chi connectivity index (χ2n) is 4.14. The number of nitrogens with one attached hydrogen (secondary N) is 1. The summed E-state index contributed by atoms with van der Waals surface area (Å²) < 4.78 is 15.7. The second kappa shape index (κ2) is 6.02. The number of hydrogen-bond acceptors (Lipinski definition) is 1. The molecule has 0 radical (unpaired) electrons. The van der Waals surface area contributed by atoms with Crippen LogP contribution in [0.2, 0.25) is 0 Å². The third-order valence-corrected chi connectivity index (χ3v) is 3.21. The lowest BCUT2D eigenvalue weighted by Gasteiger charge is -2.07. The predicted molar refractivity (Wildman–Crippen MR) is 75.4 cm³/mol. The summed E-state index contributed by atoms with van der Waals surface area (Å²) in [5.41, 5.74) is 1.33. The molecule has 1 heterocycles. The van der Waals surface area contributed by atoms with Crippen LogP contribution in [0.3, 0.4) is 0 Å². The third kappa shape index (κ3) is 3.44. The second-order valence-corrected chi connectivity index (χ2v) is 5.06. The molecule has 1 aromatic carbocycles. The molecule has 0 aliphatic heterocycles. The zero-order valence-electron chi connectivity index (χ0n) is 10.5. The summed E-state index contributed by atoms with van der Waals surface area (Å²) in [6, 6.07) is 7.96. The van der Waals surface area contributed by atoms with Gasteiger partial charge in [0.25, 0.3) is 5.91 Å². The lowest BCUT2D eigenvalue weighted by molar-refractivity contribution is 0.0941.